The molecule has 0 radical (unpaired) electrons. The predicted octanol–water partition coefficient (Wildman–Crippen LogP) is 4.35. The zero-order valence-corrected chi connectivity index (χ0v) is 16.8. The van der Waals surface area contributed by atoms with Crippen LogP contribution in [0.2, 0.25) is 10.0 Å². The van der Waals surface area contributed by atoms with Gasteiger partial charge in [0.25, 0.3) is 5.91 Å². The van der Waals surface area contributed by atoms with Crippen molar-refractivity contribution in [2.75, 3.05) is 7.11 Å². The zero-order valence-electron chi connectivity index (χ0n) is 15.3. The number of methoxy groups -OCH3 is 1. The highest BCUT2D eigenvalue weighted by Gasteiger charge is 2.21. The van der Waals surface area contributed by atoms with Crippen molar-refractivity contribution >= 4 is 35.1 Å². The Morgan fingerprint density at radius 1 is 1.11 bits per heavy atom. The van der Waals surface area contributed by atoms with Crippen LogP contribution in [0.1, 0.15) is 31.0 Å². The van der Waals surface area contributed by atoms with Gasteiger partial charge in [0, 0.05) is 15.6 Å². The first-order chi connectivity index (χ1) is 12.8. The Labute approximate surface area is 168 Å². The Hall–Kier alpha value is -2.24. The molecule has 2 atom stereocenters. The maximum atomic E-state index is 12.3. The molecule has 2 aromatic carbocycles. The number of ether oxygens (including phenoxy) is 2. The second kappa shape index (κ2) is 9.62. The Kier molecular flexibility index (Phi) is 7.51. The van der Waals surface area contributed by atoms with E-state index in [9.17, 15) is 9.59 Å². The van der Waals surface area contributed by atoms with Crippen LogP contribution >= 0.6 is 23.2 Å². The zero-order chi connectivity index (χ0) is 20.0. The standard InChI is InChI=1S/C20H21Cl2NO4/c1-12(16-9-8-15(21)11-17(16)22)23-20(25)13(2)27-19(24)10-14-6-4-5-7-18(14)26-3/h4-9,11-13H,10H2,1-3H3,(H,23,25)/t12-,13+/m1/s1. The van der Waals surface area contributed by atoms with Crippen molar-refractivity contribution in [1.29, 1.82) is 0 Å². The highest BCUT2D eigenvalue weighted by atomic mass is 35.5. The smallest absolute Gasteiger partial charge is 0.311 e. The fourth-order valence-corrected chi connectivity index (χ4v) is 3.13. The van der Waals surface area contributed by atoms with Gasteiger partial charge in [0.2, 0.25) is 0 Å². The number of carbonyl (C=O) groups excluding carboxylic acids is 2. The van der Waals surface area contributed by atoms with E-state index in [-0.39, 0.29) is 12.5 Å². The maximum Gasteiger partial charge on any atom is 0.311 e. The number of esters is 1. The van der Waals surface area contributed by atoms with Crippen molar-refractivity contribution < 1.29 is 19.1 Å². The van der Waals surface area contributed by atoms with Crippen molar-refractivity contribution in [2.45, 2.75) is 32.4 Å². The van der Waals surface area contributed by atoms with E-state index in [1.165, 1.54) is 14.0 Å². The highest BCUT2D eigenvalue weighted by molar-refractivity contribution is 6.35. The lowest BCUT2D eigenvalue weighted by Gasteiger charge is -2.19. The van der Waals surface area contributed by atoms with Gasteiger partial charge in [-0.05, 0) is 37.6 Å². The second-order valence-corrected chi connectivity index (χ2v) is 6.86. The molecule has 0 aliphatic rings. The van der Waals surface area contributed by atoms with Crippen LogP contribution in [0.3, 0.4) is 0 Å². The minimum absolute atomic E-state index is 0.0141. The lowest BCUT2D eigenvalue weighted by molar-refractivity contribution is -0.154. The van der Waals surface area contributed by atoms with Crippen molar-refractivity contribution in [1.82, 2.24) is 5.32 Å². The number of amides is 1. The molecule has 0 aliphatic heterocycles. The summed E-state index contributed by atoms with van der Waals surface area (Å²) in [6, 6.07) is 11.8. The van der Waals surface area contributed by atoms with E-state index < -0.39 is 18.0 Å². The monoisotopic (exact) mass is 409 g/mol. The molecule has 2 aromatic rings. The van der Waals surface area contributed by atoms with Crippen LogP contribution in [0.25, 0.3) is 0 Å². The fraction of sp³-hybridized carbons (Fsp3) is 0.300. The van der Waals surface area contributed by atoms with Gasteiger partial charge in [0.05, 0.1) is 19.6 Å². The van der Waals surface area contributed by atoms with Gasteiger partial charge in [-0.1, -0.05) is 47.5 Å². The molecule has 0 unspecified atom stereocenters. The van der Waals surface area contributed by atoms with Crippen LogP contribution in [0.4, 0.5) is 0 Å². The van der Waals surface area contributed by atoms with Crippen LogP contribution in [0, 0.1) is 0 Å². The summed E-state index contributed by atoms with van der Waals surface area (Å²) in [5.74, 6) is -0.334. The first kappa shape index (κ1) is 21.1. The summed E-state index contributed by atoms with van der Waals surface area (Å²) in [6.45, 7) is 3.31. The Balaban J connectivity index is 1.93. The lowest BCUT2D eigenvalue weighted by atomic mass is 10.1. The SMILES string of the molecule is COc1ccccc1CC(=O)O[C@@H](C)C(=O)N[C@H](C)c1ccc(Cl)cc1Cl. The molecule has 2 rings (SSSR count). The van der Waals surface area contributed by atoms with Gasteiger partial charge in [-0.2, -0.15) is 0 Å². The van der Waals surface area contributed by atoms with E-state index in [1.807, 2.05) is 6.07 Å². The van der Waals surface area contributed by atoms with Gasteiger partial charge in [0.1, 0.15) is 5.75 Å². The summed E-state index contributed by atoms with van der Waals surface area (Å²) in [6.07, 6.45) is -0.930. The quantitative estimate of drug-likeness (QED) is 0.690. The molecule has 1 N–H and O–H groups in total. The van der Waals surface area contributed by atoms with Gasteiger partial charge in [-0.25, -0.2) is 0 Å². The van der Waals surface area contributed by atoms with Gasteiger partial charge in [0.15, 0.2) is 6.10 Å². The molecule has 1 amide bonds. The normalized spacial score (nSPS) is 12.8. The minimum Gasteiger partial charge on any atom is -0.496 e. The first-order valence-corrected chi connectivity index (χ1v) is 9.14. The van der Waals surface area contributed by atoms with E-state index in [2.05, 4.69) is 5.32 Å². The third-order valence-electron chi connectivity index (χ3n) is 3.99. The average Bonchev–Trinajstić information content (AvgIpc) is 2.61. The Morgan fingerprint density at radius 2 is 1.81 bits per heavy atom. The summed E-state index contributed by atoms with van der Waals surface area (Å²) < 4.78 is 10.5. The molecule has 0 heterocycles. The summed E-state index contributed by atoms with van der Waals surface area (Å²) in [5, 5.41) is 3.75. The maximum absolute atomic E-state index is 12.3. The number of nitrogens with one attached hydrogen (secondary N) is 1. The Bertz CT molecular complexity index is 825. The van der Waals surface area contributed by atoms with E-state index in [0.29, 0.717) is 21.4 Å². The molecule has 0 bridgehead atoms. The molecule has 0 aliphatic carbocycles. The molecule has 27 heavy (non-hydrogen) atoms. The molecule has 0 fully saturated rings. The highest BCUT2D eigenvalue weighted by Crippen LogP contribution is 2.26. The molecule has 144 valence electrons. The van der Waals surface area contributed by atoms with Crippen LogP contribution in [0.15, 0.2) is 42.5 Å². The average molecular weight is 410 g/mol. The molecule has 0 aromatic heterocycles. The number of benzene rings is 2. The van der Waals surface area contributed by atoms with Gasteiger partial charge in [-0.15, -0.1) is 0 Å². The topological polar surface area (TPSA) is 64.6 Å². The van der Waals surface area contributed by atoms with E-state index in [1.54, 1.807) is 43.3 Å². The van der Waals surface area contributed by atoms with Crippen molar-refractivity contribution in [3.8, 4) is 5.75 Å². The first-order valence-electron chi connectivity index (χ1n) is 8.38. The summed E-state index contributed by atoms with van der Waals surface area (Å²) in [5.41, 5.74) is 1.42. The number of hydrogen-bond acceptors (Lipinski definition) is 4. The van der Waals surface area contributed by atoms with Crippen LogP contribution in [-0.2, 0) is 20.7 Å². The summed E-state index contributed by atoms with van der Waals surface area (Å²) in [4.78, 5) is 24.5. The Morgan fingerprint density at radius 3 is 2.48 bits per heavy atom. The minimum atomic E-state index is -0.944. The van der Waals surface area contributed by atoms with Crippen LogP contribution < -0.4 is 10.1 Å². The number of hydrogen-bond donors (Lipinski definition) is 1. The molecule has 0 saturated heterocycles. The third-order valence-corrected chi connectivity index (χ3v) is 4.55. The molecule has 0 saturated carbocycles. The van der Waals surface area contributed by atoms with Gasteiger partial charge >= 0.3 is 5.97 Å². The largest absolute Gasteiger partial charge is 0.496 e. The van der Waals surface area contributed by atoms with Crippen LogP contribution in [-0.4, -0.2) is 25.1 Å². The number of rotatable bonds is 7. The lowest BCUT2D eigenvalue weighted by Crippen LogP contribution is -2.37. The number of para-hydroxylation sites is 1. The predicted molar refractivity (Wildman–Crippen MR) is 105 cm³/mol. The van der Waals surface area contributed by atoms with Crippen molar-refractivity contribution in [3.63, 3.8) is 0 Å². The number of carbonyl (C=O) groups is 2. The molecular formula is C20H21Cl2NO4. The van der Waals surface area contributed by atoms with E-state index in [0.717, 1.165) is 5.56 Å². The molecule has 7 heteroatoms. The summed E-state index contributed by atoms with van der Waals surface area (Å²) in [7, 11) is 1.53. The van der Waals surface area contributed by atoms with Crippen molar-refractivity contribution in [3.05, 3.63) is 63.6 Å². The van der Waals surface area contributed by atoms with Crippen molar-refractivity contribution in [2.24, 2.45) is 0 Å². The number of halogens is 2. The van der Waals surface area contributed by atoms with E-state index >= 15 is 0 Å². The van der Waals surface area contributed by atoms with E-state index in [4.69, 9.17) is 32.7 Å². The van der Waals surface area contributed by atoms with Crippen LogP contribution in [0.5, 0.6) is 5.75 Å². The fourth-order valence-electron chi connectivity index (χ4n) is 2.56. The second-order valence-electron chi connectivity index (χ2n) is 6.02. The van der Waals surface area contributed by atoms with Gasteiger partial charge in [-0.3, -0.25) is 9.59 Å². The molecule has 0 spiro atoms. The molecule has 5 nitrogen and oxygen atoms in total. The summed E-state index contributed by atoms with van der Waals surface area (Å²) >= 11 is 12.0. The molecular weight excluding hydrogens is 389 g/mol. The van der Waals surface area contributed by atoms with Gasteiger partial charge < -0.3 is 14.8 Å². The third kappa shape index (κ3) is 5.88.